The van der Waals surface area contributed by atoms with Crippen LogP contribution in [0.4, 0.5) is 0 Å². The van der Waals surface area contributed by atoms with Crippen LogP contribution < -0.4 is 0 Å². The summed E-state index contributed by atoms with van der Waals surface area (Å²) in [7, 11) is 0. The van der Waals surface area contributed by atoms with Gasteiger partial charge in [-0.25, -0.2) is 0 Å². The molecular formula is C8H10AcN-. The van der Waals surface area contributed by atoms with Crippen molar-refractivity contribution < 1.29 is 44.1 Å². The van der Waals surface area contributed by atoms with Crippen molar-refractivity contribution in [1.82, 2.24) is 0 Å². The van der Waals surface area contributed by atoms with Crippen LogP contribution in [-0.4, -0.2) is 0 Å². The number of rotatable bonds is 1. The van der Waals surface area contributed by atoms with Gasteiger partial charge in [0.05, 0.1) is 0 Å². The molecule has 1 rings (SSSR count). The van der Waals surface area contributed by atoms with Crippen LogP contribution in [-0.2, 0) is 0 Å². The van der Waals surface area contributed by atoms with E-state index in [4.69, 9.17) is 5.73 Å². The molecule has 0 aliphatic rings. The Balaban J connectivity index is 0.000000810. The molecule has 1 unspecified atom stereocenters. The van der Waals surface area contributed by atoms with Gasteiger partial charge in [0.15, 0.2) is 0 Å². The summed E-state index contributed by atoms with van der Waals surface area (Å²) in [5.41, 5.74) is 8.40. The van der Waals surface area contributed by atoms with Crippen LogP contribution in [0.15, 0.2) is 30.3 Å². The van der Waals surface area contributed by atoms with Crippen molar-refractivity contribution in [2.75, 3.05) is 0 Å². The maximum atomic E-state index is 7.32. The Morgan fingerprint density at radius 2 is 1.70 bits per heavy atom. The van der Waals surface area contributed by atoms with Crippen LogP contribution in [0.5, 0.6) is 0 Å². The normalized spacial score (nSPS) is 11.8. The molecule has 1 aromatic rings. The molecule has 1 radical (unpaired) electrons. The molecule has 0 bridgehead atoms. The second kappa shape index (κ2) is 5.30. The molecule has 0 fully saturated rings. The fourth-order valence-electron chi connectivity index (χ4n) is 0.742. The van der Waals surface area contributed by atoms with Crippen LogP contribution in [0.25, 0.3) is 5.73 Å². The first kappa shape index (κ1) is 10.6. The van der Waals surface area contributed by atoms with Crippen molar-refractivity contribution >= 4 is 0 Å². The van der Waals surface area contributed by atoms with E-state index in [1.165, 1.54) is 0 Å². The van der Waals surface area contributed by atoms with Crippen LogP contribution in [0.3, 0.4) is 0 Å². The summed E-state index contributed by atoms with van der Waals surface area (Å²) in [6.45, 7) is 1.87. The summed E-state index contributed by atoms with van der Waals surface area (Å²) in [6, 6.07) is 9.73. The van der Waals surface area contributed by atoms with Gasteiger partial charge in [0.25, 0.3) is 0 Å². The van der Waals surface area contributed by atoms with E-state index in [0.29, 0.717) is 0 Å². The standard InChI is InChI=1S/C8H10N.Ac/c1-7(9)8-5-3-2-4-6-8;/h2-7,9H,1H3;/q-1;. The van der Waals surface area contributed by atoms with Crippen molar-refractivity contribution in [2.24, 2.45) is 0 Å². The van der Waals surface area contributed by atoms with Crippen LogP contribution in [0, 0.1) is 44.1 Å². The second-order valence-electron chi connectivity index (χ2n) is 2.13. The predicted molar refractivity (Wildman–Crippen MR) is 39.2 cm³/mol. The van der Waals surface area contributed by atoms with Gasteiger partial charge in [-0.15, -0.1) is 6.04 Å². The fraction of sp³-hybridized carbons (Fsp3) is 0.250. The third-order valence-corrected chi connectivity index (χ3v) is 1.30. The van der Waals surface area contributed by atoms with Crippen molar-refractivity contribution in [3.63, 3.8) is 0 Å². The molecule has 0 aromatic heterocycles. The summed E-state index contributed by atoms with van der Waals surface area (Å²) in [5, 5.41) is 0. The van der Waals surface area contributed by atoms with E-state index < -0.39 is 0 Å². The van der Waals surface area contributed by atoms with Gasteiger partial charge in [-0.1, -0.05) is 42.8 Å². The molecule has 2 heteroatoms. The molecule has 1 N–H and O–H groups in total. The minimum absolute atomic E-state index is 0. The average Bonchev–Trinajstić information content (AvgIpc) is 1.90. The van der Waals surface area contributed by atoms with Gasteiger partial charge >= 0.3 is 0 Å². The average molecular weight is 347 g/mol. The van der Waals surface area contributed by atoms with E-state index in [2.05, 4.69) is 0 Å². The molecule has 0 aliphatic carbocycles. The summed E-state index contributed by atoms with van der Waals surface area (Å²) in [4.78, 5) is 0. The Bertz CT molecular complexity index is 172. The van der Waals surface area contributed by atoms with E-state index in [1.807, 2.05) is 37.3 Å². The van der Waals surface area contributed by atoms with Gasteiger partial charge in [0, 0.05) is 44.1 Å². The van der Waals surface area contributed by atoms with Gasteiger partial charge in [-0.05, 0) is 0 Å². The van der Waals surface area contributed by atoms with E-state index in [-0.39, 0.29) is 50.1 Å². The molecule has 1 nitrogen and oxygen atoms in total. The monoisotopic (exact) mass is 347 g/mol. The Kier molecular flexibility index (Phi) is 5.62. The third kappa shape index (κ3) is 3.14. The van der Waals surface area contributed by atoms with Gasteiger partial charge < -0.3 is 5.73 Å². The van der Waals surface area contributed by atoms with Crippen LogP contribution in [0.1, 0.15) is 18.5 Å². The number of hydrogen-bond acceptors (Lipinski definition) is 0. The zero-order valence-corrected chi connectivity index (χ0v) is 10.8. The van der Waals surface area contributed by atoms with Crippen molar-refractivity contribution in [1.29, 1.82) is 0 Å². The van der Waals surface area contributed by atoms with E-state index in [1.54, 1.807) is 0 Å². The molecule has 0 spiro atoms. The molecule has 51 valence electrons. The Morgan fingerprint density at radius 1 is 1.20 bits per heavy atom. The Hall–Kier alpha value is 0.622. The third-order valence-electron chi connectivity index (χ3n) is 1.30. The molecule has 0 heterocycles. The Labute approximate surface area is 97.6 Å². The molecule has 10 heavy (non-hydrogen) atoms. The van der Waals surface area contributed by atoms with E-state index >= 15 is 0 Å². The van der Waals surface area contributed by atoms with Crippen molar-refractivity contribution in [2.45, 2.75) is 13.0 Å². The molecule has 0 saturated carbocycles. The fourth-order valence-corrected chi connectivity index (χ4v) is 0.742. The quantitative estimate of drug-likeness (QED) is 0.746. The topological polar surface area (TPSA) is 23.8 Å². The second-order valence-corrected chi connectivity index (χ2v) is 2.13. The predicted octanol–water partition coefficient (Wildman–Crippen LogP) is 2.80. The summed E-state index contributed by atoms with van der Waals surface area (Å²) >= 11 is 0. The minimum atomic E-state index is -0.0915. The van der Waals surface area contributed by atoms with Gasteiger partial charge in [0.2, 0.25) is 0 Å². The smallest absolute Gasteiger partial charge is 0 e. The Morgan fingerprint density at radius 3 is 2.00 bits per heavy atom. The van der Waals surface area contributed by atoms with Gasteiger partial charge in [-0.2, -0.15) is 0 Å². The zero-order chi connectivity index (χ0) is 6.69. The van der Waals surface area contributed by atoms with E-state index in [0.717, 1.165) is 5.56 Å². The minimum Gasteiger partial charge on any atom is -0.671 e. The van der Waals surface area contributed by atoms with Gasteiger partial charge in [0.1, 0.15) is 0 Å². The number of hydrogen-bond donors (Lipinski definition) is 0. The van der Waals surface area contributed by atoms with Crippen LogP contribution >= 0.6 is 0 Å². The summed E-state index contributed by atoms with van der Waals surface area (Å²) < 4.78 is 0. The SMILES string of the molecule is CC([NH-])c1ccccc1.[Ac]. The van der Waals surface area contributed by atoms with Crippen LogP contribution in [0.2, 0.25) is 0 Å². The number of benzene rings is 1. The van der Waals surface area contributed by atoms with Gasteiger partial charge in [-0.3, -0.25) is 0 Å². The largest absolute Gasteiger partial charge is 0.671 e. The molecule has 1 aromatic carbocycles. The van der Waals surface area contributed by atoms with Crippen molar-refractivity contribution in [3.8, 4) is 0 Å². The first-order chi connectivity index (χ1) is 4.30. The van der Waals surface area contributed by atoms with Crippen molar-refractivity contribution in [3.05, 3.63) is 41.6 Å². The molecular weight excluding hydrogens is 337 g/mol. The molecule has 0 amide bonds. The maximum Gasteiger partial charge on any atom is 0 e. The summed E-state index contributed by atoms with van der Waals surface area (Å²) in [6.07, 6.45) is 0. The molecule has 0 aliphatic heterocycles. The summed E-state index contributed by atoms with van der Waals surface area (Å²) in [5.74, 6) is 0. The molecule has 1 atom stereocenters. The zero-order valence-electron chi connectivity index (χ0n) is 6.04. The molecule has 0 saturated heterocycles. The van der Waals surface area contributed by atoms with E-state index in [9.17, 15) is 0 Å². The number of nitrogens with one attached hydrogen (secondary N) is 1. The maximum absolute atomic E-state index is 7.32. The first-order valence-corrected chi connectivity index (χ1v) is 3.07. The first-order valence-electron chi connectivity index (χ1n) is 3.07.